The Hall–Kier alpha value is -1.86. The summed E-state index contributed by atoms with van der Waals surface area (Å²) < 4.78 is 71.1. The van der Waals surface area contributed by atoms with E-state index < -0.39 is 45.4 Å². The molecule has 0 aliphatic rings. The van der Waals surface area contributed by atoms with E-state index in [1.165, 1.54) is 141 Å². The van der Waals surface area contributed by atoms with Crippen LogP contribution >= 0.6 is 0 Å². The van der Waals surface area contributed by atoms with Crippen LogP contribution in [0.15, 0.2) is 70.5 Å². The van der Waals surface area contributed by atoms with Gasteiger partial charge in [0, 0.05) is 0 Å². The van der Waals surface area contributed by atoms with Crippen molar-refractivity contribution >= 4 is 66.9 Å². The van der Waals surface area contributed by atoms with Gasteiger partial charge in [0.05, 0.1) is 0 Å². The van der Waals surface area contributed by atoms with Gasteiger partial charge in [0.2, 0.25) is 0 Å². The van der Waals surface area contributed by atoms with Gasteiger partial charge in [-0.1, -0.05) is 66.2 Å². The Kier molecular flexibility index (Phi) is 30.6. The third-order valence-electron chi connectivity index (χ3n) is 14.3. The number of unbranched alkanes of at least 4 members (excludes halogenated alkanes) is 28. The molecule has 0 heterocycles. The van der Waals surface area contributed by atoms with Crippen LogP contribution in [0.4, 0.5) is 0 Å². The second-order valence-corrected chi connectivity index (χ2v) is 27.7. The number of benzene rings is 4. The molecule has 4 aromatic carbocycles. The van der Waals surface area contributed by atoms with E-state index in [-0.39, 0.29) is 9.79 Å². The van der Waals surface area contributed by atoms with Gasteiger partial charge in [-0.3, -0.25) is 0 Å². The fourth-order valence-corrected chi connectivity index (χ4v) is 17.8. The SMILES string of the molecule is CCCCCCCCCCc1cc2ccccc2c(S(=O)(=O)[O][Pb][O]S(=O)(=O)c2c(CCCCCCCCCC)c(CCCCCCCCCC)cc3ccccc23)c1CCCCCCCCCC. The summed E-state index contributed by atoms with van der Waals surface area (Å²) in [4.78, 5) is 0.444. The Bertz CT molecular complexity index is 2080. The summed E-state index contributed by atoms with van der Waals surface area (Å²) in [5.41, 5.74) is 3.86. The van der Waals surface area contributed by atoms with Crippen molar-refractivity contribution in [1.29, 1.82) is 0 Å². The molecule has 0 N–H and O–H groups in total. The molecule has 0 amide bonds. The van der Waals surface area contributed by atoms with Crippen molar-refractivity contribution < 1.29 is 21.1 Å². The average Bonchev–Trinajstić information content (AvgIpc) is 3.34. The van der Waals surface area contributed by atoms with Gasteiger partial charge >= 0.3 is 373 Å². The van der Waals surface area contributed by atoms with Gasteiger partial charge in [0.1, 0.15) is 0 Å². The van der Waals surface area contributed by atoms with Crippen molar-refractivity contribution in [3.8, 4) is 0 Å². The number of fused-ring (bicyclic) bond motifs is 2. The predicted molar refractivity (Wildman–Crippen MR) is 295 cm³/mol. The third-order valence-corrected chi connectivity index (χ3v) is 23.6. The maximum atomic E-state index is 14.8. The Morgan fingerprint density at radius 3 is 0.913 bits per heavy atom. The monoisotopic (exact) mass is 1180 g/mol. The first-order chi connectivity index (χ1) is 33.7. The molecule has 9 heteroatoms. The molecule has 0 spiro atoms. The summed E-state index contributed by atoms with van der Waals surface area (Å²) in [6, 6.07) is 19.9. The first kappa shape index (κ1) is 59.7. The van der Waals surface area contributed by atoms with Crippen molar-refractivity contribution in [2.24, 2.45) is 0 Å². The third kappa shape index (κ3) is 21.6. The Morgan fingerprint density at radius 2 is 0.609 bits per heavy atom. The summed E-state index contributed by atoms with van der Waals surface area (Å²) in [6.07, 6.45) is 40.9. The molecule has 0 aliphatic carbocycles. The molecule has 2 radical (unpaired) electrons. The molecular weight excluding hydrogens is 1090 g/mol. The summed E-state index contributed by atoms with van der Waals surface area (Å²) in [5.74, 6) is 0. The number of aryl methyl sites for hydroxylation is 2. The van der Waals surface area contributed by atoms with Crippen LogP contribution in [0.25, 0.3) is 21.5 Å². The van der Waals surface area contributed by atoms with Crippen LogP contribution in [0.2, 0.25) is 0 Å². The normalized spacial score (nSPS) is 12.2. The van der Waals surface area contributed by atoms with Gasteiger partial charge in [0.25, 0.3) is 0 Å². The molecule has 0 fully saturated rings. The van der Waals surface area contributed by atoms with E-state index >= 15 is 0 Å². The van der Waals surface area contributed by atoms with Crippen molar-refractivity contribution in [2.75, 3.05) is 0 Å². The van der Waals surface area contributed by atoms with E-state index in [0.717, 1.165) is 110 Å². The summed E-state index contributed by atoms with van der Waals surface area (Å²) in [7, 11) is -8.74. The fraction of sp³-hybridized carbons (Fsp3) is 0.667. The zero-order valence-corrected chi connectivity index (χ0v) is 49.5. The second kappa shape index (κ2) is 35.3. The fourth-order valence-electron chi connectivity index (χ4n) is 10.3. The molecule has 0 saturated carbocycles. The standard InChI is InChI=1S/2C30H48O3S.Pb/c2*1-3-5-7-9-11-13-15-17-21-26-25-27-22-19-20-24-29(27)30(34(31,32)33)28(26)23-18-16-14-12-10-8-6-4-2;/h2*19-20,22,24-25H,3-18,21,23H2,1-2H3,(H,31,32,33);/q;;+2/p-2. The molecule has 0 atom stereocenters. The number of rotatable bonds is 42. The molecule has 4 rings (SSSR count). The molecule has 0 aliphatic heterocycles. The number of hydrogen-bond donors (Lipinski definition) is 0. The Balaban J connectivity index is 1.61. The first-order valence-electron chi connectivity index (χ1n) is 28.4. The molecule has 0 aromatic heterocycles. The van der Waals surface area contributed by atoms with E-state index in [2.05, 4.69) is 39.8 Å². The van der Waals surface area contributed by atoms with Crippen molar-refractivity contribution in [1.82, 2.24) is 0 Å². The van der Waals surface area contributed by atoms with Crippen LogP contribution in [-0.4, -0.2) is 42.0 Å². The molecule has 4 aromatic rings. The van der Waals surface area contributed by atoms with Crippen LogP contribution in [0, 0.1) is 0 Å². The van der Waals surface area contributed by atoms with Crippen molar-refractivity contribution in [3.05, 3.63) is 82.9 Å². The average molecular weight is 1180 g/mol. The Morgan fingerprint density at radius 1 is 0.348 bits per heavy atom. The van der Waals surface area contributed by atoms with E-state index in [9.17, 15) is 16.8 Å². The van der Waals surface area contributed by atoms with Crippen LogP contribution in [0.5, 0.6) is 0 Å². The van der Waals surface area contributed by atoms with Crippen LogP contribution in [0.3, 0.4) is 0 Å². The molecule has 0 saturated heterocycles. The summed E-state index contributed by atoms with van der Waals surface area (Å²) in [5, 5.41) is 3.04. The molecule has 386 valence electrons. The topological polar surface area (TPSA) is 86.7 Å². The molecule has 6 nitrogen and oxygen atoms in total. The minimum absolute atomic E-state index is 0.222. The summed E-state index contributed by atoms with van der Waals surface area (Å²) in [6.45, 7) is 8.99. The van der Waals surface area contributed by atoms with E-state index in [1.54, 1.807) is 0 Å². The van der Waals surface area contributed by atoms with Gasteiger partial charge in [0.15, 0.2) is 0 Å². The zero-order valence-electron chi connectivity index (χ0n) is 44.0. The maximum absolute atomic E-state index is 14.8. The molecule has 0 unspecified atom stereocenters. The van der Waals surface area contributed by atoms with Crippen LogP contribution in [-0.2, 0) is 50.2 Å². The quantitative estimate of drug-likeness (QED) is 0.0325. The van der Waals surface area contributed by atoms with Gasteiger partial charge in [-0.25, -0.2) is 0 Å². The molecule has 0 bridgehead atoms. The molecule has 69 heavy (non-hydrogen) atoms. The first-order valence-corrected chi connectivity index (χ1v) is 34.4. The van der Waals surface area contributed by atoms with Crippen LogP contribution < -0.4 is 0 Å². The zero-order chi connectivity index (χ0) is 49.4. The van der Waals surface area contributed by atoms with Crippen LogP contribution in [0.1, 0.15) is 255 Å². The second-order valence-electron chi connectivity index (χ2n) is 20.2. The minimum atomic E-state index is -4.37. The Labute approximate surface area is 436 Å². The van der Waals surface area contributed by atoms with E-state index in [1.807, 2.05) is 48.5 Å². The van der Waals surface area contributed by atoms with E-state index in [4.69, 9.17) is 4.27 Å². The van der Waals surface area contributed by atoms with Crippen molar-refractivity contribution in [3.63, 3.8) is 0 Å². The molecular formula is C60H94O6PbS2. The van der Waals surface area contributed by atoms with Gasteiger partial charge in [-0.2, -0.15) is 0 Å². The van der Waals surface area contributed by atoms with Crippen molar-refractivity contribution in [2.45, 2.75) is 269 Å². The smallest absolute Gasteiger partial charge is 0.0654 e. The minimum Gasteiger partial charge on any atom is -0.0654 e. The predicted octanol–water partition coefficient (Wildman–Crippen LogP) is 18.4. The van der Waals surface area contributed by atoms with Gasteiger partial charge in [-0.15, -0.1) is 0 Å². The number of hydrogen-bond acceptors (Lipinski definition) is 6. The van der Waals surface area contributed by atoms with Gasteiger partial charge in [-0.05, 0) is 0 Å². The summed E-state index contributed by atoms with van der Waals surface area (Å²) >= 11 is -3.26. The van der Waals surface area contributed by atoms with Gasteiger partial charge < -0.3 is 0 Å². The van der Waals surface area contributed by atoms with E-state index in [0.29, 0.717) is 23.6 Å².